The Balaban J connectivity index is -0.000000377. The molecule has 0 unspecified atom stereocenters. The van der Waals surface area contributed by atoms with Crippen LogP contribution in [0.4, 0.5) is 0 Å². The number of alkyl halides is 2. The van der Waals surface area contributed by atoms with Gasteiger partial charge in [0.2, 0.25) is 0 Å². The second-order valence-corrected chi connectivity index (χ2v) is 19.0. The van der Waals surface area contributed by atoms with Crippen LogP contribution in [0.15, 0.2) is 158 Å². The van der Waals surface area contributed by atoms with Gasteiger partial charge >= 0.3 is 63.2 Å². The fourth-order valence-corrected chi connectivity index (χ4v) is 8.60. The molecule has 4 aromatic carbocycles. The quantitative estimate of drug-likeness (QED) is 0.0876. The minimum absolute atomic E-state index is 0. The summed E-state index contributed by atoms with van der Waals surface area (Å²) < 4.78 is 0. The van der Waals surface area contributed by atoms with Gasteiger partial charge in [-0.3, -0.25) is 9.97 Å². The van der Waals surface area contributed by atoms with Crippen LogP contribution in [0.5, 0.6) is 11.8 Å². The molecular weight excluding hydrogens is 1440 g/mol. The van der Waals surface area contributed by atoms with E-state index < -0.39 is 38.6 Å². The summed E-state index contributed by atoms with van der Waals surface area (Å²) >= 11 is 9.53. The number of hydrogen-bond acceptors (Lipinski definition) is 8. The van der Waals surface area contributed by atoms with Crippen molar-refractivity contribution in [2.24, 2.45) is 10.8 Å². The van der Waals surface area contributed by atoms with Gasteiger partial charge in [-0.2, -0.15) is 0 Å². The molecule has 0 aliphatic heterocycles. The molecule has 0 bridgehead atoms. The summed E-state index contributed by atoms with van der Waals surface area (Å²) in [7, 11) is -1.55. The maximum absolute atomic E-state index is 11.6. The molecule has 0 aliphatic rings. The number of carboxylic acids is 2. The molecule has 0 N–H and O–H groups in total. The van der Waals surface area contributed by atoms with Gasteiger partial charge in [0.15, 0.2) is 0 Å². The molecule has 0 aliphatic carbocycles. The van der Waals surface area contributed by atoms with E-state index in [0.717, 1.165) is 10.9 Å². The molecule has 332 valence electrons. The molecule has 6 aromatic rings. The molecule has 62 heavy (non-hydrogen) atoms. The fraction of sp³-hybridized carbons (Fsp3) is 0.200. The Morgan fingerprint density at radius 3 is 0.823 bits per heavy atom. The van der Waals surface area contributed by atoms with Crippen molar-refractivity contribution in [2.45, 2.75) is 41.5 Å². The van der Waals surface area contributed by atoms with Crippen molar-refractivity contribution < 1.29 is 141 Å². The van der Waals surface area contributed by atoms with Crippen LogP contribution in [-0.4, -0.2) is 27.2 Å². The Bertz CT molecular complexity index is 1860. The van der Waals surface area contributed by atoms with Crippen molar-refractivity contribution in [3.05, 3.63) is 158 Å². The molecule has 8 nitrogen and oxygen atoms in total. The maximum atomic E-state index is 11.6. The molecule has 2 heterocycles. The zero-order valence-electron chi connectivity index (χ0n) is 34.6. The molecule has 0 radical (unpaired) electrons. The monoisotopic (exact) mass is 1490 g/mol. The number of benzene rings is 4. The molecule has 0 fully saturated rings. The van der Waals surface area contributed by atoms with E-state index in [1.165, 1.54) is 33.4 Å². The Morgan fingerprint density at radius 2 is 0.661 bits per heavy atom. The largest absolute Gasteiger partial charge is 2.00 e. The number of carbonyl (C=O) groups is 2. The van der Waals surface area contributed by atoms with Crippen LogP contribution in [0.2, 0.25) is 0 Å². The van der Waals surface area contributed by atoms with Crippen molar-refractivity contribution in [2.75, 3.05) is 5.34 Å². The fourth-order valence-electron chi connectivity index (χ4n) is 4.19. The van der Waals surface area contributed by atoms with Gasteiger partial charge in [-0.1, -0.05) is 187 Å². The summed E-state index contributed by atoms with van der Waals surface area (Å²) in [4.78, 5) is 28.2. The Kier molecular flexibility index (Phi) is 38.9. The summed E-state index contributed by atoms with van der Waals surface area (Å²) in [5, 5.41) is 47.9. The first-order valence-electron chi connectivity index (χ1n) is 17.6. The van der Waals surface area contributed by atoms with Crippen molar-refractivity contribution in [1.82, 2.24) is 9.97 Å². The summed E-state index contributed by atoms with van der Waals surface area (Å²) in [6.45, 7) is 9.60. The number of carbonyl (C=O) groups excluding carboxylic acids is 2. The SMILES string of the molecule is CC(C)(C)C(=O)[O-].CC(C)(C)C(=O)[O-].ClCCl.[I-].[I-].[Mo+2].[Mo+2].[O-]c1cccc(P(c2ccccc2)c2ccccc2)n1.[O-]c1cccc(P(c2ccccc2)c2ccccc2)n1.[Pt+2]. The van der Waals surface area contributed by atoms with Crippen LogP contribution in [-0.2, 0) is 72.8 Å². The van der Waals surface area contributed by atoms with E-state index in [4.69, 9.17) is 23.2 Å². The van der Waals surface area contributed by atoms with Crippen LogP contribution in [0, 0.1) is 10.8 Å². The summed E-state index contributed by atoms with van der Waals surface area (Å²) in [5.74, 6) is -2.37. The van der Waals surface area contributed by atoms with E-state index in [9.17, 15) is 30.0 Å². The number of nitrogens with zero attached hydrogens (tertiary/aromatic N) is 2. The van der Waals surface area contributed by atoms with Gasteiger partial charge in [-0.25, -0.2) is 0 Å². The molecule has 0 amide bonds. The summed E-state index contributed by atoms with van der Waals surface area (Å²) in [5.41, 5.74) is 0.315. The number of aliphatic carboxylic acids is 2. The molecule has 0 saturated carbocycles. The number of aromatic nitrogens is 2. The van der Waals surface area contributed by atoms with E-state index in [-0.39, 0.29) is 128 Å². The third kappa shape index (κ3) is 26.0. The van der Waals surface area contributed by atoms with Gasteiger partial charge in [0, 0.05) is 38.6 Å². The summed E-state index contributed by atoms with van der Waals surface area (Å²) in [6, 6.07) is 51.4. The number of hydrogen-bond donors (Lipinski definition) is 0. The number of carboxylic acid groups (broad SMARTS) is 2. The number of rotatable bonds is 6. The van der Waals surface area contributed by atoms with E-state index in [0.29, 0.717) is 0 Å². The molecule has 6 rings (SSSR count). The van der Waals surface area contributed by atoms with E-state index in [2.05, 4.69) is 58.5 Å². The third-order valence-corrected chi connectivity index (χ3v) is 11.8. The van der Waals surface area contributed by atoms with Gasteiger partial charge < -0.3 is 78.0 Å². The van der Waals surface area contributed by atoms with Crippen molar-refractivity contribution in [1.29, 1.82) is 0 Å². The van der Waals surface area contributed by atoms with Crippen molar-refractivity contribution >= 4 is 83.1 Å². The minimum Gasteiger partial charge on any atom is -1.00 e. The third-order valence-electron chi connectivity index (χ3n) is 7.16. The van der Waals surface area contributed by atoms with E-state index in [1.54, 1.807) is 53.7 Å². The van der Waals surface area contributed by atoms with E-state index >= 15 is 0 Å². The average molecular weight is 1480 g/mol. The van der Waals surface area contributed by atoms with Crippen LogP contribution >= 0.6 is 39.0 Å². The minimum atomic E-state index is -1.01. The number of halogens is 4. The number of pyridine rings is 2. The van der Waals surface area contributed by atoms with Gasteiger partial charge in [0.1, 0.15) is 0 Å². The second-order valence-electron chi connectivity index (χ2n) is 13.9. The molecule has 0 saturated heterocycles. The average Bonchev–Trinajstić information content (AvgIpc) is 3.17. The predicted octanol–water partition coefficient (Wildman–Crippen LogP) is -1.19. The van der Waals surface area contributed by atoms with Gasteiger partial charge in [-0.15, -0.1) is 23.2 Å². The first kappa shape index (κ1) is 67.3. The van der Waals surface area contributed by atoms with Crippen LogP contribution < -0.4 is 100 Å². The van der Waals surface area contributed by atoms with Crippen molar-refractivity contribution in [3.63, 3.8) is 0 Å². The molecule has 17 heteroatoms. The van der Waals surface area contributed by atoms with Gasteiger partial charge in [-0.05, 0) is 45.1 Å². The predicted molar refractivity (Wildman–Crippen MR) is 230 cm³/mol. The first-order chi connectivity index (χ1) is 27.0. The Hall–Kier alpha value is -1.32. The Morgan fingerprint density at radius 1 is 0.468 bits per heavy atom. The Labute approximate surface area is 456 Å². The molecule has 0 atom stereocenters. The molecule has 0 spiro atoms. The summed E-state index contributed by atoms with van der Waals surface area (Å²) in [6.07, 6.45) is 0. The normalized spacial score (nSPS) is 9.71. The standard InChI is InChI=1S/2C17H14NOP.2C5H10O2.CH2Cl2.2HI.2Mo.Pt/c2*19-16-12-7-13-17(18-16)20(14-8-3-1-4-9-14)15-10-5-2-6-11-15;2*1-5(2,3)4(6)7;2-1-3;;;;;/h2*1-13H,(H,18,19);2*1-3H3,(H,6,7);1H2;2*1H;;;/q;;;;;;;3*+2/p-6. The zero-order chi connectivity index (χ0) is 42.4. The van der Waals surface area contributed by atoms with Crippen molar-refractivity contribution in [3.8, 4) is 11.8 Å². The zero-order valence-corrected chi connectivity index (χ0v) is 48.5. The van der Waals surface area contributed by atoms with Gasteiger partial charge in [0.05, 0.1) is 16.2 Å². The first-order valence-corrected chi connectivity index (χ1v) is 21.4. The van der Waals surface area contributed by atoms with E-state index in [1.807, 2.05) is 84.9 Å². The molecular formula is C45H46Cl2I2Mo2N2O6P2Pt. The van der Waals surface area contributed by atoms with Crippen LogP contribution in [0.1, 0.15) is 41.5 Å². The second kappa shape index (κ2) is 35.9. The van der Waals surface area contributed by atoms with Crippen LogP contribution in [0.3, 0.4) is 0 Å². The smallest absolute Gasteiger partial charge is 1.00 e. The van der Waals surface area contributed by atoms with Gasteiger partial charge in [0.25, 0.3) is 0 Å². The molecule has 2 aromatic heterocycles. The maximum Gasteiger partial charge on any atom is 2.00 e. The topological polar surface area (TPSA) is 152 Å². The van der Waals surface area contributed by atoms with Crippen LogP contribution in [0.25, 0.3) is 0 Å².